The Morgan fingerprint density at radius 2 is 1.84 bits per heavy atom. The molecule has 0 aromatic heterocycles. The zero-order chi connectivity index (χ0) is 22.8. The number of methoxy groups -OCH3 is 3. The molecule has 32 heavy (non-hydrogen) atoms. The van der Waals surface area contributed by atoms with Crippen molar-refractivity contribution in [2.45, 2.75) is 74.3 Å². The van der Waals surface area contributed by atoms with Gasteiger partial charge in [0, 0.05) is 57.5 Å². The quantitative estimate of drug-likeness (QED) is 0.446. The number of hydrogen-bond donors (Lipinski definition) is 4. The average molecular weight is 454 g/mol. The summed E-state index contributed by atoms with van der Waals surface area (Å²) in [5.74, 6) is -0.600. The third-order valence-electron chi connectivity index (χ3n) is 11.3. The minimum absolute atomic E-state index is 0.0288. The fourth-order valence-corrected chi connectivity index (χ4v) is 10.7. The predicted octanol–water partition coefficient (Wildman–Crippen LogP) is -0.383. The molecule has 5 aliphatic carbocycles. The summed E-state index contributed by atoms with van der Waals surface area (Å²) >= 11 is 0. The first-order chi connectivity index (χ1) is 15.2. The van der Waals surface area contributed by atoms with E-state index in [0.717, 1.165) is 12.8 Å². The molecule has 1 heterocycles. The highest BCUT2D eigenvalue weighted by Crippen LogP contribution is 2.80. The first-order valence-electron chi connectivity index (χ1n) is 12.3. The van der Waals surface area contributed by atoms with Crippen molar-refractivity contribution in [3.05, 3.63) is 0 Å². The molecule has 13 atom stereocenters. The highest BCUT2D eigenvalue weighted by Gasteiger charge is 2.90. The Hall–Kier alpha value is -0.320. The van der Waals surface area contributed by atoms with E-state index in [1.165, 1.54) is 0 Å². The van der Waals surface area contributed by atoms with Crippen LogP contribution in [0.3, 0.4) is 0 Å². The van der Waals surface area contributed by atoms with Crippen molar-refractivity contribution in [3.63, 3.8) is 0 Å². The van der Waals surface area contributed by atoms with E-state index in [9.17, 15) is 20.4 Å². The summed E-state index contributed by atoms with van der Waals surface area (Å²) in [6.07, 6.45) is 0.188. The van der Waals surface area contributed by atoms with Crippen molar-refractivity contribution in [2.24, 2.45) is 34.5 Å². The Bertz CT molecular complexity index is 798. The predicted molar refractivity (Wildman–Crippen MR) is 114 cm³/mol. The molecule has 0 aromatic carbocycles. The molecular formula is C24H39NO7. The largest absolute Gasteiger partial charge is 0.392 e. The third kappa shape index (κ3) is 1.99. The molecule has 5 saturated carbocycles. The average Bonchev–Trinajstić information content (AvgIpc) is 3.13. The third-order valence-corrected chi connectivity index (χ3v) is 11.3. The summed E-state index contributed by atoms with van der Waals surface area (Å²) in [5.41, 5.74) is -4.06. The van der Waals surface area contributed by atoms with E-state index >= 15 is 0 Å². The fourth-order valence-electron chi connectivity index (χ4n) is 10.7. The first kappa shape index (κ1) is 22.2. The van der Waals surface area contributed by atoms with Crippen LogP contribution in [0.1, 0.15) is 32.6 Å². The summed E-state index contributed by atoms with van der Waals surface area (Å²) in [4.78, 5) is 2.28. The SMILES string of the molecule is CCN1CC2(COC)C(O)CCC34C5CC6C(OC)CC(O)(C5C6O)C(O)(C(OC)C23)C14. The highest BCUT2D eigenvalue weighted by atomic mass is 16.5. The van der Waals surface area contributed by atoms with Gasteiger partial charge in [0.1, 0.15) is 11.2 Å². The second kappa shape index (κ2) is 6.66. The van der Waals surface area contributed by atoms with Gasteiger partial charge in [0.05, 0.1) is 37.1 Å². The molecule has 182 valence electrons. The minimum Gasteiger partial charge on any atom is -0.392 e. The number of likely N-dealkylation sites (tertiary alicyclic amines) is 1. The molecule has 0 aromatic rings. The Morgan fingerprint density at radius 3 is 2.47 bits per heavy atom. The van der Waals surface area contributed by atoms with Crippen LogP contribution < -0.4 is 0 Å². The summed E-state index contributed by atoms with van der Waals surface area (Å²) in [7, 11) is 4.92. The molecular weight excluding hydrogens is 414 g/mol. The van der Waals surface area contributed by atoms with Crippen molar-refractivity contribution in [2.75, 3.05) is 41.0 Å². The Balaban J connectivity index is 1.65. The Labute approximate surface area is 189 Å². The molecule has 4 N–H and O–H groups in total. The van der Waals surface area contributed by atoms with E-state index in [4.69, 9.17) is 14.2 Å². The van der Waals surface area contributed by atoms with Gasteiger partial charge in [0.25, 0.3) is 0 Å². The minimum atomic E-state index is -1.57. The summed E-state index contributed by atoms with van der Waals surface area (Å²) in [5, 5.41) is 48.1. The van der Waals surface area contributed by atoms with Crippen LogP contribution >= 0.6 is 0 Å². The lowest BCUT2D eigenvalue weighted by atomic mass is 9.43. The van der Waals surface area contributed by atoms with Crippen LogP contribution in [0.5, 0.6) is 0 Å². The molecule has 13 unspecified atom stereocenters. The van der Waals surface area contributed by atoms with Gasteiger partial charge >= 0.3 is 0 Å². The second-order valence-electron chi connectivity index (χ2n) is 11.7. The molecule has 6 fully saturated rings. The fraction of sp³-hybridized carbons (Fsp3) is 1.00. The molecule has 0 amide bonds. The summed E-state index contributed by atoms with van der Waals surface area (Å²) in [6, 6.07) is -0.291. The van der Waals surface area contributed by atoms with Gasteiger partial charge in [-0.15, -0.1) is 0 Å². The van der Waals surface area contributed by atoms with Gasteiger partial charge in [0.15, 0.2) is 0 Å². The molecule has 1 saturated heterocycles. The van der Waals surface area contributed by atoms with Crippen LogP contribution in [-0.2, 0) is 14.2 Å². The molecule has 1 aliphatic heterocycles. The second-order valence-corrected chi connectivity index (χ2v) is 11.7. The standard InChI is InChI=1S/C24H39NO7/c1-5-25-10-21(11-30-2)15(26)6-7-22-13-8-12-14(31-3)9-23(28,16(13)17(12)27)24(29,20(22)25)19(32-4)18(21)22/h12-20,26-29H,5-11H2,1-4H3. The monoisotopic (exact) mass is 453 g/mol. The maximum Gasteiger partial charge on any atom is 0.136 e. The maximum atomic E-state index is 12.8. The van der Waals surface area contributed by atoms with Crippen LogP contribution in [0.2, 0.25) is 0 Å². The van der Waals surface area contributed by atoms with E-state index < -0.39 is 40.8 Å². The van der Waals surface area contributed by atoms with Crippen LogP contribution in [0.4, 0.5) is 0 Å². The van der Waals surface area contributed by atoms with Gasteiger partial charge in [-0.25, -0.2) is 0 Å². The zero-order valence-electron chi connectivity index (χ0n) is 19.6. The number of nitrogens with zero attached hydrogens (tertiary/aromatic N) is 1. The number of aliphatic hydroxyl groups excluding tert-OH is 2. The first-order valence-corrected chi connectivity index (χ1v) is 12.3. The lowest BCUT2D eigenvalue weighted by Gasteiger charge is -2.69. The molecule has 7 bridgehead atoms. The van der Waals surface area contributed by atoms with E-state index in [1.807, 2.05) is 0 Å². The lowest BCUT2D eigenvalue weighted by molar-refractivity contribution is -0.309. The Morgan fingerprint density at radius 1 is 1.09 bits per heavy atom. The van der Waals surface area contributed by atoms with Crippen molar-refractivity contribution in [3.8, 4) is 0 Å². The van der Waals surface area contributed by atoms with Gasteiger partial charge in [-0.1, -0.05) is 6.92 Å². The molecule has 8 heteroatoms. The highest BCUT2D eigenvalue weighted by molar-refractivity contribution is 5.40. The summed E-state index contributed by atoms with van der Waals surface area (Å²) in [6.45, 7) is 3.76. The van der Waals surface area contributed by atoms with Crippen molar-refractivity contribution >= 4 is 0 Å². The van der Waals surface area contributed by atoms with Crippen LogP contribution in [0, 0.1) is 34.5 Å². The smallest absolute Gasteiger partial charge is 0.136 e. The number of rotatable bonds is 5. The summed E-state index contributed by atoms with van der Waals surface area (Å²) < 4.78 is 17.7. The number of fused-ring (bicyclic) bond motifs is 2. The number of hydrogen-bond acceptors (Lipinski definition) is 8. The van der Waals surface area contributed by atoms with Crippen LogP contribution in [0.25, 0.3) is 0 Å². The van der Waals surface area contributed by atoms with Crippen LogP contribution in [-0.4, -0.2) is 108 Å². The number of aliphatic hydroxyl groups is 4. The van der Waals surface area contributed by atoms with E-state index in [-0.39, 0.29) is 35.3 Å². The number of ether oxygens (including phenoxy) is 3. The topological polar surface area (TPSA) is 112 Å². The molecule has 0 radical (unpaired) electrons. The van der Waals surface area contributed by atoms with E-state index in [1.54, 1.807) is 21.3 Å². The number of piperidine rings is 1. The van der Waals surface area contributed by atoms with Crippen molar-refractivity contribution < 1.29 is 34.6 Å². The molecule has 6 aliphatic rings. The van der Waals surface area contributed by atoms with Gasteiger partial charge in [0.2, 0.25) is 0 Å². The van der Waals surface area contributed by atoms with Gasteiger partial charge in [-0.2, -0.15) is 0 Å². The maximum absolute atomic E-state index is 12.8. The number of likely N-dealkylation sites (N-methyl/N-ethyl adjacent to an activating group) is 1. The zero-order valence-corrected chi connectivity index (χ0v) is 19.6. The van der Waals surface area contributed by atoms with Gasteiger partial charge in [-0.05, 0) is 37.1 Å². The Kier molecular flexibility index (Phi) is 4.62. The molecule has 8 nitrogen and oxygen atoms in total. The van der Waals surface area contributed by atoms with E-state index in [2.05, 4.69) is 11.8 Å². The van der Waals surface area contributed by atoms with E-state index in [0.29, 0.717) is 32.5 Å². The normalized spacial score (nSPS) is 62.4. The molecule has 1 spiro atoms. The van der Waals surface area contributed by atoms with Gasteiger partial charge < -0.3 is 34.6 Å². The molecule has 6 rings (SSSR count). The van der Waals surface area contributed by atoms with Crippen LogP contribution in [0.15, 0.2) is 0 Å². The van der Waals surface area contributed by atoms with Crippen molar-refractivity contribution in [1.82, 2.24) is 4.90 Å². The van der Waals surface area contributed by atoms with Gasteiger partial charge in [-0.3, -0.25) is 4.90 Å². The van der Waals surface area contributed by atoms with Crippen molar-refractivity contribution in [1.29, 1.82) is 0 Å². The lowest BCUT2D eigenvalue weighted by Crippen LogP contribution is -2.80.